The Hall–Kier alpha value is -1.46. The standard InChI is InChI=1S/C11H14FNO3/c1-11(16,7-14)6-13-10(15)8-2-4-9(12)5-3-8/h2-5,14,16H,6-7H2,1H3,(H,13,15). The first-order chi connectivity index (χ1) is 7.44. The van der Waals surface area contributed by atoms with E-state index in [1.54, 1.807) is 0 Å². The first kappa shape index (κ1) is 12.6. The van der Waals surface area contributed by atoms with E-state index in [-0.39, 0.29) is 6.54 Å². The second-order valence-electron chi connectivity index (χ2n) is 3.84. The number of nitrogens with one attached hydrogen (secondary N) is 1. The van der Waals surface area contributed by atoms with Crippen molar-refractivity contribution in [1.82, 2.24) is 5.32 Å². The molecule has 1 aromatic rings. The lowest BCUT2D eigenvalue weighted by Crippen LogP contribution is -2.43. The Morgan fingerprint density at radius 3 is 2.50 bits per heavy atom. The normalized spacial score (nSPS) is 14.2. The van der Waals surface area contributed by atoms with E-state index in [0.717, 1.165) is 0 Å². The van der Waals surface area contributed by atoms with Gasteiger partial charge in [-0.15, -0.1) is 0 Å². The van der Waals surface area contributed by atoms with Crippen LogP contribution in [0.1, 0.15) is 17.3 Å². The summed E-state index contributed by atoms with van der Waals surface area (Å²) in [7, 11) is 0. The van der Waals surface area contributed by atoms with Gasteiger partial charge < -0.3 is 15.5 Å². The van der Waals surface area contributed by atoms with Crippen molar-refractivity contribution in [3.63, 3.8) is 0 Å². The number of aliphatic hydroxyl groups is 2. The summed E-state index contributed by atoms with van der Waals surface area (Å²) < 4.78 is 12.6. The van der Waals surface area contributed by atoms with Gasteiger partial charge in [-0.2, -0.15) is 0 Å². The first-order valence-corrected chi connectivity index (χ1v) is 4.81. The van der Waals surface area contributed by atoms with Crippen molar-refractivity contribution >= 4 is 5.91 Å². The van der Waals surface area contributed by atoms with Crippen molar-refractivity contribution in [2.24, 2.45) is 0 Å². The molecule has 0 radical (unpaired) electrons. The van der Waals surface area contributed by atoms with Crippen molar-refractivity contribution < 1.29 is 19.4 Å². The lowest BCUT2D eigenvalue weighted by atomic mass is 10.1. The zero-order chi connectivity index (χ0) is 12.2. The maximum absolute atomic E-state index is 12.6. The van der Waals surface area contributed by atoms with E-state index in [1.165, 1.54) is 31.2 Å². The van der Waals surface area contributed by atoms with Crippen LogP contribution in [0.3, 0.4) is 0 Å². The highest BCUT2D eigenvalue weighted by Gasteiger charge is 2.20. The number of hydrogen-bond donors (Lipinski definition) is 3. The summed E-state index contributed by atoms with van der Waals surface area (Å²) in [6, 6.07) is 5.05. The molecule has 1 amide bonds. The molecule has 1 rings (SSSR count). The van der Waals surface area contributed by atoms with Crippen LogP contribution in [0.4, 0.5) is 4.39 Å². The minimum atomic E-state index is -1.35. The number of carbonyl (C=O) groups excluding carboxylic acids is 1. The molecule has 4 nitrogen and oxygen atoms in total. The fourth-order valence-electron chi connectivity index (χ4n) is 1.03. The monoisotopic (exact) mass is 227 g/mol. The Morgan fingerprint density at radius 1 is 1.44 bits per heavy atom. The number of benzene rings is 1. The predicted molar refractivity (Wildman–Crippen MR) is 56.4 cm³/mol. The molecule has 5 heteroatoms. The molecule has 0 fully saturated rings. The zero-order valence-electron chi connectivity index (χ0n) is 8.90. The molecule has 88 valence electrons. The van der Waals surface area contributed by atoms with Crippen LogP contribution in [0.5, 0.6) is 0 Å². The quantitative estimate of drug-likeness (QED) is 0.693. The number of aliphatic hydroxyl groups excluding tert-OH is 1. The number of hydrogen-bond acceptors (Lipinski definition) is 3. The van der Waals surface area contributed by atoms with Gasteiger partial charge in [-0.3, -0.25) is 4.79 Å². The van der Waals surface area contributed by atoms with Gasteiger partial charge in [-0.1, -0.05) is 0 Å². The predicted octanol–water partition coefficient (Wildman–Crippen LogP) is 0.299. The Morgan fingerprint density at radius 2 is 2.00 bits per heavy atom. The molecule has 1 atom stereocenters. The summed E-state index contributed by atoms with van der Waals surface area (Å²) in [4.78, 5) is 11.5. The Labute approximate surface area is 92.7 Å². The molecule has 0 aliphatic carbocycles. The third kappa shape index (κ3) is 3.60. The number of rotatable bonds is 4. The molecule has 1 unspecified atom stereocenters. The minimum absolute atomic E-state index is 0.0697. The van der Waals surface area contributed by atoms with Gasteiger partial charge in [-0.05, 0) is 31.2 Å². The van der Waals surface area contributed by atoms with Crippen molar-refractivity contribution in [3.8, 4) is 0 Å². The molecule has 0 aliphatic rings. The average molecular weight is 227 g/mol. The van der Waals surface area contributed by atoms with Crippen molar-refractivity contribution in [3.05, 3.63) is 35.6 Å². The third-order valence-electron chi connectivity index (χ3n) is 2.08. The topological polar surface area (TPSA) is 69.6 Å². The van der Waals surface area contributed by atoms with Gasteiger partial charge in [0.25, 0.3) is 5.91 Å². The summed E-state index contributed by atoms with van der Waals surface area (Å²) in [5.74, 6) is -0.840. The second-order valence-corrected chi connectivity index (χ2v) is 3.84. The highest BCUT2D eigenvalue weighted by Crippen LogP contribution is 2.04. The van der Waals surface area contributed by atoms with Gasteiger partial charge in [-0.25, -0.2) is 4.39 Å². The van der Waals surface area contributed by atoms with Crippen LogP contribution in [0.15, 0.2) is 24.3 Å². The van der Waals surface area contributed by atoms with Crippen LogP contribution in [-0.4, -0.2) is 34.9 Å². The molecule has 0 bridgehead atoms. The van der Waals surface area contributed by atoms with E-state index in [1.807, 2.05) is 0 Å². The maximum Gasteiger partial charge on any atom is 0.251 e. The first-order valence-electron chi connectivity index (χ1n) is 4.81. The summed E-state index contributed by atoms with van der Waals surface area (Å²) in [6.07, 6.45) is 0. The smallest absolute Gasteiger partial charge is 0.251 e. The maximum atomic E-state index is 12.6. The Bertz CT molecular complexity index is 362. The van der Waals surface area contributed by atoms with Gasteiger partial charge >= 0.3 is 0 Å². The highest BCUT2D eigenvalue weighted by atomic mass is 19.1. The van der Waals surface area contributed by atoms with Crippen LogP contribution in [0.2, 0.25) is 0 Å². The summed E-state index contributed by atoms with van der Waals surface area (Å²) in [5.41, 5.74) is -1.05. The molecule has 0 aromatic heterocycles. The van der Waals surface area contributed by atoms with Crippen LogP contribution in [0, 0.1) is 5.82 Å². The molecule has 3 N–H and O–H groups in total. The molecule has 0 spiro atoms. The van der Waals surface area contributed by atoms with Gasteiger partial charge in [0.05, 0.1) is 6.61 Å². The fourth-order valence-corrected chi connectivity index (χ4v) is 1.03. The fraction of sp³-hybridized carbons (Fsp3) is 0.364. The lowest BCUT2D eigenvalue weighted by Gasteiger charge is -2.20. The van der Waals surface area contributed by atoms with Crippen LogP contribution in [0.25, 0.3) is 0 Å². The van der Waals surface area contributed by atoms with Gasteiger partial charge in [0.2, 0.25) is 0 Å². The molecule has 1 aromatic carbocycles. The van der Waals surface area contributed by atoms with E-state index >= 15 is 0 Å². The molecule has 0 saturated carbocycles. The lowest BCUT2D eigenvalue weighted by molar-refractivity contribution is 0.00320. The minimum Gasteiger partial charge on any atom is -0.393 e. The molecule has 0 heterocycles. The van der Waals surface area contributed by atoms with E-state index in [4.69, 9.17) is 5.11 Å². The van der Waals surface area contributed by atoms with E-state index < -0.39 is 23.9 Å². The molecular formula is C11H14FNO3. The third-order valence-corrected chi connectivity index (χ3v) is 2.08. The molecule has 0 aliphatic heterocycles. The van der Waals surface area contributed by atoms with Crippen LogP contribution >= 0.6 is 0 Å². The van der Waals surface area contributed by atoms with E-state index in [0.29, 0.717) is 5.56 Å². The summed E-state index contributed by atoms with van der Waals surface area (Å²) in [6.45, 7) is 0.883. The van der Waals surface area contributed by atoms with Gasteiger partial charge in [0, 0.05) is 12.1 Å². The van der Waals surface area contributed by atoms with E-state index in [2.05, 4.69) is 5.32 Å². The Balaban J connectivity index is 2.56. The molecular weight excluding hydrogens is 213 g/mol. The highest BCUT2D eigenvalue weighted by molar-refractivity contribution is 5.94. The van der Waals surface area contributed by atoms with Crippen LogP contribution < -0.4 is 5.32 Å². The van der Waals surface area contributed by atoms with E-state index in [9.17, 15) is 14.3 Å². The Kier molecular flexibility index (Phi) is 3.98. The summed E-state index contributed by atoms with van der Waals surface area (Å²) in [5, 5.41) is 20.6. The van der Waals surface area contributed by atoms with Crippen LogP contribution in [-0.2, 0) is 0 Å². The SMILES string of the molecule is CC(O)(CO)CNC(=O)c1ccc(F)cc1. The zero-order valence-corrected chi connectivity index (χ0v) is 8.90. The molecule has 0 saturated heterocycles. The largest absolute Gasteiger partial charge is 0.393 e. The number of halogens is 1. The van der Waals surface area contributed by atoms with Crippen molar-refractivity contribution in [2.45, 2.75) is 12.5 Å². The van der Waals surface area contributed by atoms with Gasteiger partial charge in [0.15, 0.2) is 0 Å². The van der Waals surface area contributed by atoms with Crippen molar-refractivity contribution in [1.29, 1.82) is 0 Å². The number of carbonyl (C=O) groups is 1. The number of amides is 1. The average Bonchev–Trinajstić information content (AvgIpc) is 2.27. The molecule has 16 heavy (non-hydrogen) atoms. The van der Waals surface area contributed by atoms with Gasteiger partial charge in [0.1, 0.15) is 11.4 Å². The second kappa shape index (κ2) is 5.05. The summed E-state index contributed by atoms with van der Waals surface area (Å²) >= 11 is 0. The van der Waals surface area contributed by atoms with Crippen molar-refractivity contribution in [2.75, 3.05) is 13.2 Å².